The normalized spacial score (nSPS) is 19.0. The first-order chi connectivity index (χ1) is 15.5. The van der Waals surface area contributed by atoms with E-state index >= 15 is 0 Å². The molecule has 1 atom stereocenters. The second-order valence-corrected chi connectivity index (χ2v) is 8.60. The maximum Gasteiger partial charge on any atom is 0.220 e. The van der Waals surface area contributed by atoms with Crippen LogP contribution in [0.3, 0.4) is 0 Å². The highest BCUT2D eigenvalue weighted by Gasteiger charge is 2.39. The maximum atomic E-state index is 11.8. The molecule has 4 rings (SSSR count). The lowest BCUT2D eigenvalue weighted by Crippen LogP contribution is -2.56. The average molecular weight is 455 g/mol. The number of amides is 1. The first-order valence-corrected chi connectivity index (χ1v) is 11.0. The lowest BCUT2D eigenvalue weighted by molar-refractivity contribution is -0.148. The Balaban J connectivity index is 1.40. The van der Waals surface area contributed by atoms with Crippen LogP contribution in [0.4, 0.5) is 0 Å². The van der Waals surface area contributed by atoms with Crippen LogP contribution in [0.2, 0.25) is 5.02 Å². The van der Waals surface area contributed by atoms with Gasteiger partial charge in [0, 0.05) is 36.4 Å². The van der Waals surface area contributed by atoms with Crippen LogP contribution in [-0.4, -0.2) is 52.5 Å². The summed E-state index contributed by atoms with van der Waals surface area (Å²) in [5, 5.41) is 5.08. The molecule has 1 aliphatic heterocycles. The zero-order valence-corrected chi connectivity index (χ0v) is 18.6. The Morgan fingerprint density at radius 3 is 2.78 bits per heavy atom. The van der Waals surface area contributed by atoms with E-state index in [1.54, 1.807) is 12.1 Å². The van der Waals surface area contributed by atoms with Gasteiger partial charge in [0.1, 0.15) is 18.0 Å². The van der Waals surface area contributed by atoms with Gasteiger partial charge in [-0.1, -0.05) is 48.0 Å². The van der Waals surface area contributed by atoms with Crippen molar-refractivity contribution in [1.29, 1.82) is 0 Å². The van der Waals surface area contributed by atoms with Gasteiger partial charge < -0.3 is 15.2 Å². The van der Waals surface area contributed by atoms with Crippen LogP contribution in [0.15, 0.2) is 67.0 Å². The molecular formula is C24H27ClN4O3. The molecule has 0 radical (unpaired) electrons. The van der Waals surface area contributed by atoms with Gasteiger partial charge in [-0.25, -0.2) is 0 Å². The zero-order valence-electron chi connectivity index (χ0n) is 17.8. The van der Waals surface area contributed by atoms with Crippen molar-refractivity contribution in [2.75, 3.05) is 26.3 Å². The summed E-state index contributed by atoms with van der Waals surface area (Å²) in [4.78, 5) is 14.1. The van der Waals surface area contributed by atoms with Crippen molar-refractivity contribution in [2.45, 2.75) is 25.1 Å². The molecule has 1 aliphatic rings. The predicted molar refractivity (Wildman–Crippen MR) is 122 cm³/mol. The number of rotatable bonds is 9. The van der Waals surface area contributed by atoms with Crippen molar-refractivity contribution in [2.24, 2.45) is 5.73 Å². The van der Waals surface area contributed by atoms with Gasteiger partial charge >= 0.3 is 0 Å². The minimum Gasteiger partial charge on any atom is -0.490 e. The molecule has 2 N–H and O–H groups in total. The molecule has 0 bridgehead atoms. The third-order valence-electron chi connectivity index (χ3n) is 5.40. The Morgan fingerprint density at radius 1 is 1.16 bits per heavy atom. The van der Waals surface area contributed by atoms with Crippen molar-refractivity contribution in [3.63, 3.8) is 0 Å². The molecule has 0 spiro atoms. The summed E-state index contributed by atoms with van der Waals surface area (Å²) in [6, 6.07) is 17.4. The molecule has 2 aromatic carbocycles. The Hall–Kier alpha value is -2.87. The number of nitrogens with zero attached hydrogens (tertiary/aromatic N) is 3. The van der Waals surface area contributed by atoms with Gasteiger partial charge in [0.25, 0.3) is 0 Å². The third-order valence-corrected chi connectivity index (χ3v) is 5.64. The van der Waals surface area contributed by atoms with Gasteiger partial charge in [-0.05, 0) is 23.8 Å². The highest BCUT2D eigenvalue weighted by Crippen LogP contribution is 2.26. The molecule has 32 heavy (non-hydrogen) atoms. The maximum absolute atomic E-state index is 11.8. The van der Waals surface area contributed by atoms with Crippen molar-refractivity contribution in [3.05, 3.63) is 83.1 Å². The minimum atomic E-state index is -0.813. The predicted octanol–water partition coefficient (Wildman–Crippen LogP) is 3.11. The molecule has 1 saturated heterocycles. The number of benzene rings is 2. The first-order valence-electron chi connectivity index (χ1n) is 10.6. The number of aromatic nitrogens is 2. The topological polar surface area (TPSA) is 82.6 Å². The van der Waals surface area contributed by atoms with Crippen molar-refractivity contribution in [1.82, 2.24) is 14.7 Å². The van der Waals surface area contributed by atoms with Crippen LogP contribution in [0.5, 0.6) is 5.75 Å². The van der Waals surface area contributed by atoms with Crippen molar-refractivity contribution < 1.29 is 14.3 Å². The lowest BCUT2D eigenvalue weighted by atomic mass is 9.97. The highest BCUT2D eigenvalue weighted by molar-refractivity contribution is 6.30. The Morgan fingerprint density at radius 2 is 2.00 bits per heavy atom. The van der Waals surface area contributed by atoms with E-state index in [-0.39, 0.29) is 13.0 Å². The summed E-state index contributed by atoms with van der Waals surface area (Å²) in [5.74, 6) is 0.210. The van der Waals surface area contributed by atoms with Gasteiger partial charge in [0.15, 0.2) is 0 Å². The van der Waals surface area contributed by atoms with E-state index in [9.17, 15) is 4.79 Å². The number of ether oxygens (including phenoxy) is 2. The standard InChI is InChI=1S/C24H27ClN4O3/c25-21-7-4-8-22(11-21)31-18-24(12-23(26)30)17-28(9-10-32-24)14-20-13-27-29(16-20)15-19-5-2-1-3-6-19/h1-8,11,13,16H,9-10,12,14-15,17-18H2,(H2,26,30)/t24-/m1/s1. The fourth-order valence-electron chi connectivity index (χ4n) is 4.00. The third kappa shape index (κ3) is 6.09. The van der Waals surface area contributed by atoms with Crippen LogP contribution in [0.25, 0.3) is 0 Å². The Kier molecular flexibility index (Phi) is 7.09. The zero-order chi connectivity index (χ0) is 22.4. The Bertz CT molecular complexity index is 1040. The number of carbonyl (C=O) groups is 1. The number of primary amides is 1. The van der Waals surface area contributed by atoms with Gasteiger partial charge in [-0.2, -0.15) is 5.10 Å². The summed E-state index contributed by atoms with van der Waals surface area (Å²) in [6.45, 7) is 3.41. The number of morpholine rings is 1. The van der Waals surface area contributed by atoms with E-state index in [1.165, 1.54) is 5.56 Å². The number of nitrogens with two attached hydrogens (primary N) is 1. The molecule has 0 aliphatic carbocycles. The summed E-state index contributed by atoms with van der Waals surface area (Å²) in [7, 11) is 0. The molecule has 1 aromatic heterocycles. The number of halogens is 1. The van der Waals surface area contributed by atoms with Crippen LogP contribution in [0, 0.1) is 0 Å². The lowest BCUT2D eigenvalue weighted by Gasteiger charge is -2.41. The first kappa shape index (κ1) is 22.3. The highest BCUT2D eigenvalue weighted by atomic mass is 35.5. The molecule has 0 unspecified atom stereocenters. The molecule has 168 valence electrons. The molecule has 0 saturated carbocycles. The van der Waals surface area contributed by atoms with Gasteiger partial charge in [0.05, 0.1) is 25.8 Å². The van der Waals surface area contributed by atoms with Crippen molar-refractivity contribution in [3.8, 4) is 5.75 Å². The molecule has 1 fully saturated rings. The summed E-state index contributed by atoms with van der Waals surface area (Å²) < 4.78 is 13.9. The van der Waals surface area contributed by atoms with Gasteiger partial charge in [-0.15, -0.1) is 0 Å². The van der Waals surface area contributed by atoms with E-state index in [0.717, 1.165) is 18.7 Å². The summed E-state index contributed by atoms with van der Waals surface area (Å²) in [5.41, 5.74) is 7.04. The van der Waals surface area contributed by atoms with E-state index < -0.39 is 11.5 Å². The minimum absolute atomic E-state index is 0.0807. The van der Waals surface area contributed by atoms with Crippen LogP contribution in [0.1, 0.15) is 17.5 Å². The molecule has 8 heteroatoms. The SMILES string of the molecule is NC(=O)C[C@]1(COc2cccc(Cl)c2)CN(Cc2cnn(Cc3ccccc3)c2)CCO1. The fraction of sp³-hybridized carbons (Fsp3) is 0.333. The quantitative estimate of drug-likeness (QED) is 0.537. The van der Waals surface area contributed by atoms with Crippen LogP contribution >= 0.6 is 11.6 Å². The number of hydrogen-bond donors (Lipinski definition) is 1. The van der Waals surface area contributed by atoms with E-state index in [2.05, 4.69) is 28.3 Å². The van der Waals surface area contributed by atoms with Gasteiger partial charge in [0.2, 0.25) is 5.91 Å². The number of carbonyl (C=O) groups excluding carboxylic acids is 1. The molecule has 2 heterocycles. The molecular weight excluding hydrogens is 428 g/mol. The second kappa shape index (κ2) is 10.2. The van der Waals surface area contributed by atoms with Crippen LogP contribution in [-0.2, 0) is 22.6 Å². The van der Waals surface area contributed by atoms with Crippen LogP contribution < -0.4 is 10.5 Å². The van der Waals surface area contributed by atoms with Crippen molar-refractivity contribution >= 4 is 17.5 Å². The monoisotopic (exact) mass is 454 g/mol. The summed E-state index contributed by atoms with van der Waals surface area (Å²) >= 11 is 6.05. The fourth-order valence-corrected chi connectivity index (χ4v) is 4.18. The molecule has 3 aromatic rings. The van der Waals surface area contributed by atoms with Gasteiger partial charge in [-0.3, -0.25) is 14.4 Å². The van der Waals surface area contributed by atoms with E-state index in [0.29, 0.717) is 30.5 Å². The van der Waals surface area contributed by atoms with E-state index in [4.69, 9.17) is 26.8 Å². The summed E-state index contributed by atoms with van der Waals surface area (Å²) in [6.07, 6.45) is 4.02. The molecule has 1 amide bonds. The molecule has 7 nitrogen and oxygen atoms in total. The Labute approximate surface area is 192 Å². The largest absolute Gasteiger partial charge is 0.490 e. The number of hydrogen-bond acceptors (Lipinski definition) is 5. The smallest absolute Gasteiger partial charge is 0.220 e. The van der Waals surface area contributed by atoms with E-state index in [1.807, 2.05) is 41.2 Å². The average Bonchev–Trinajstić information content (AvgIpc) is 3.19. The second-order valence-electron chi connectivity index (χ2n) is 8.16.